The summed E-state index contributed by atoms with van der Waals surface area (Å²) in [6.07, 6.45) is -2.53. The number of hydrogen-bond donors (Lipinski definition) is 2. The van der Waals surface area contributed by atoms with E-state index >= 15 is 0 Å². The van der Waals surface area contributed by atoms with Crippen molar-refractivity contribution in [1.29, 1.82) is 0 Å². The minimum atomic E-state index is -4.32. The van der Waals surface area contributed by atoms with E-state index in [1.54, 1.807) is 4.90 Å². The summed E-state index contributed by atoms with van der Waals surface area (Å²) >= 11 is 0. The number of aliphatic hydroxyl groups is 1. The van der Waals surface area contributed by atoms with Crippen molar-refractivity contribution in [1.82, 2.24) is 19.8 Å². The van der Waals surface area contributed by atoms with Gasteiger partial charge >= 0.3 is 6.18 Å². The van der Waals surface area contributed by atoms with E-state index in [1.165, 1.54) is 29.0 Å². The minimum absolute atomic E-state index is 0.106. The first kappa shape index (κ1) is 23.3. The van der Waals surface area contributed by atoms with Crippen LogP contribution in [0.3, 0.4) is 0 Å². The summed E-state index contributed by atoms with van der Waals surface area (Å²) in [5.74, 6) is -1.96. The zero-order valence-corrected chi connectivity index (χ0v) is 19.0. The predicted octanol–water partition coefficient (Wildman–Crippen LogP) is 2.49. The Bertz CT molecular complexity index is 1070. The fourth-order valence-corrected chi connectivity index (χ4v) is 5.66. The monoisotopic (exact) mass is 478 g/mol. The van der Waals surface area contributed by atoms with Gasteiger partial charge in [-0.15, -0.1) is 0 Å². The number of likely N-dealkylation sites (tertiary alicyclic amines) is 1. The molecular weight excluding hydrogens is 449 g/mol. The van der Waals surface area contributed by atoms with Crippen LogP contribution in [-0.4, -0.2) is 70.1 Å². The second-order valence-corrected chi connectivity index (χ2v) is 9.74. The molecule has 1 aromatic heterocycles. The third-order valence-electron chi connectivity index (χ3n) is 7.61. The van der Waals surface area contributed by atoms with Crippen molar-refractivity contribution in [3.8, 4) is 0 Å². The van der Waals surface area contributed by atoms with Gasteiger partial charge in [0.15, 0.2) is 0 Å². The largest absolute Gasteiger partial charge is 0.393 e. The Labute approximate surface area is 195 Å². The number of fused-ring (bicyclic) bond motifs is 2. The first-order valence-electron chi connectivity index (χ1n) is 11.6. The number of methoxy groups -OCH3 is 1. The molecule has 0 bridgehead atoms. The van der Waals surface area contributed by atoms with Crippen molar-refractivity contribution in [2.75, 3.05) is 26.8 Å². The Balaban J connectivity index is 1.32. The number of imidazole rings is 1. The molecule has 34 heavy (non-hydrogen) atoms. The van der Waals surface area contributed by atoms with E-state index in [2.05, 4.69) is 22.4 Å². The molecule has 2 N–H and O–H groups in total. The molecule has 1 spiro atoms. The van der Waals surface area contributed by atoms with E-state index in [0.717, 1.165) is 0 Å². The van der Waals surface area contributed by atoms with E-state index in [4.69, 9.17) is 4.74 Å². The Morgan fingerprint density at radius 3 is 2.76 bits per heavy atom. The van der Waals surface area contributed by atoms with Gasteiger partial charge in [0, 0.05) is 45.4 Å². The molecule has 1 saturated heterocycles. The van der Waals surface area contributed by atoms with Crippen molar-refractivity contribution >= 4 is 5.91 Å². The summed E-state index contributed by atoms with van der Waals surface area (Å²) < 4.78 is 46.9. The van der Waals surface area contributed by atoms with Crippen LogP contribution in [0.15, 0.2) is 30.5 Å². The fourth-order valence-electron chi connectivity index (χ4n) is 5.66. The van der Waals surface area contributed by atoms with Crippen LogP contribution >= 0.6 is 0 Å². The molecule has 1 aromatic carbocycles. The van der Waals surface area contributed by atoms with Gasteiger partial charge in [0.05, 0.1) is 24.2 Å². The first-order chi connectivity index (χ1) is 16.2. The van der Waals surface area contributed by atoms with Gasteiger partial charge in [0.2, 0.25) is 0 Å². The molecule has 1 amide bonds. The molecule has 3 aliphatic heterocycles. The van der Waals surface area contributed by atoms with Crippen LogP contribution in [0, 0.1) is 5.92 Å². The smallest absolute Gasteiger partial charge is 0.389 e. The molecule has 3 aliphatic rings. The molecule has 0 saturated carbocycles. The summed E-state index contributed by atoms with van der Waals surface area (Å²) in [5.41, 5.74) is 2.03. The van der Waals surface area contributed by atoms with Crippen LogP contribution in [0.4, 0.5) is 13.2 Å². The number of aliphatic hydroxyl groups excluding tert-OH is 1. The molecule has 5 rings (SSSR count). The highest BCUT2D eigenvalue weighted by atomic mass is 19.4. The number of rotatable bonds is 3. The van der Waals surface area contributed by atoms with Gasteiger partial charge in [-0.1, -0.05) is 24.3 Å². The third-order valence-corrected chi connectivity index (χ3v) is 7.61. The lowest BCUT2D eigenvalue weighted by atomic mass is 9.76. The Morgan fingerprint density at radius 1 is 1.29 bits per heavy atom. The molecule has 0 radical (unpaired) electrons. The van der Waals surface area contributed by atoms with E-state index in [0.29, 0.717) is 31.8 Å². The second-order valence-electron chi connectivity index (χ2n) is 9.74. The number of benzene rings is 1. The molecule has 1 fully saturated rings. The van der Waals surface area contributed by atoms with Gasteiger partial charge in [-0.25, -0.2) is 4.98 Å². The summed E-state index contributed by atoms with van der Waals surface area (Å²) in [7, 11) is 1.44. The number of piperidine rings is 1. The maximum Gasteiger partial charge on any atom is 0.393 e. The van der Waals surface area contributed by atoms with Gasteiger partial charge in [-0.05, 0) is 30.4 Å². The number of carbonyl (C=O) groups is 1. The quantitative estimate of drug-likeness (QED) is 0.709. The molecule has 4 heterocycles. The Hall–Kier alpha value is -2.43. The van der Waals surface area contributed by atoms with Crippen LogP contribution in [0.1, 0.15) is 46.2 Å². The van der Waals surface area contributed by atoms with Crippen LogP contribution in [0.2, 0.25) is 0 Å². The number of β-amino-alcohol motifs (C(OH)–C–C–N with tert-alkyl or cyclic N) is 1. The van der Waals surface area contributed by atoms with E-state index in [1.807, 2.05) is 12.1 Å². The van der Waals surface area contributed by atoms with E-state index in [9.17, 15) is 23.1 Å². The maximum absolute atomic E-state index is 13.4. The average Bonchev–Trinajstić information content (AvgIpc) is 3.25. The molecular formula is C24H29F3N4O3. The number of aromatic nitrogens is 2. The SMILES string of the molecule is COC[C@H]1C[C@@H](C(F)(F)F)Cn2cc(C(=O)N3CC[C@]4(Cc5ccccc5CN4)[C@H](O)C3)nc21. The molecule has 7 nitrogen and oxygen atoms in total. The molecule has 10 heteroatoms. The zero-order valence-electron chi connectivity index (χ0n) is 19.0. The van der Waals surface area contributed by atoms with Crippen molar-refractivity contribution in [2.24, 2.45) is 5.92 Å². The fraction of sp³-hybridized carbons (Fsp3) is 0.583. The summed E-state index contributed by atoms with van der Waals surface area (Å²) in [5, 5.41) is 14.5. The van der Waals surface area contributed by atoms with Gasteiger partial charge in [-0.3, -0.25) is 4.79 Å². The molecule has 0 unspecified atom stereocenters. The van der Waals surface area contributed by atoms with E-state index < -0.39 is 29.7 Å². The minimum Gasteiger partial charge on any atom is -0.389 e. The number of ether oxygens (including phenoxy) is 1. The van der Waals surface area contributed by atoms with Crippen molar-refractivity contribution < 1.29 is 27.8 Å². The summed E-state index contributed by atoms with van der Waals surface area (Å²) in [6, 6.07) is 8.13. The predicted molar refractivity (Wildman–Crippen MR) is 117 cm³/mol. The van der Waals surface area contributed by atoms with Gasteiger partial charge in [0.25, 0.3) is 5.91 Å². The molecule has 2 aromatic rings. The number of nitrogens with zero attached hydrogens (tertiary/aromatic N) is 3. The van der Waals surface area contributed by atoms with Gasteiger partial charge in [0.1, 0.15) is 11.5 Å². The topological polar surface area (TPSA) is 79.6 Å². The van der Waals surface area contributed by atoms with Crippen molar-refractivity contribution in [2.45, 2.75) is 56.1 Å². The van der Waals surface area contributed by atoms with Crippen LogP contribution < -0.4 is 5.32 Å². The van der Waals surface area contributed by atoms with Crippen LogP contribution in [-0.2, 0) is 24.2 Å². The average molecular weight is 479 g/mol. The first-order valence-corrected chi connectivity index (χ1v) is 11.6. The number of halogens is 3. The lowest BCUT2D eigenvalue weighted by Gasteiger charge is -2.48. The van der Waals surface area contributed by atoms with Gasteiger partial charge < -0.3 is 24.6 Å². The number of alkyl halides is 3. The second kappa shape index (κ2) is 8.66. The van der Waals surface area contributed by atoms with E-state index in [-0.39, 0.29) is 37.7 Å². The van der Waals surface area contributed by atoms with Crippen LogP contribution in [0.25, 0.3) is 0 Å². The van der Waals surface area contributed by atoms with Crippen molar-refractivity contribution in [3.63, 3.8) is 0 Å². The summed E-state index contributed by atoms with van der Waals surface area (Å²) in [4.78, 5) is 19.2. The highest BCUT2D eigenvalue weighted by molar-refractivity contribution is 5.92. The maximum atomic E-state index is 13.4. The van der Waals surface area contributed by atoms with Gasteiger partial charge in [-0.2, -0.15) is 13.2 Å². The summed E-state index contributed by atoms with van der Waals surface area (Å²) in [6.45, 7) is 1.09. The number of hydrogen-bond acceptors (Lipinski definition) is 5. The highest BCUT2D eigenvalue weighted by Gasteiger charge is 2.47. The van der Waals surface area contributed by atoms with Crippen molar-refractivity contribution in [3.05, 3.63) is 53.1 Å². The number of amides is 1. The third kappa shape index (κ3) is 4.12. The molecule has 4 atom stereocenters. The molecule has 184 valence electrons. The lowest BCUT2D eigenvalue weighted by Crippen LogP contribution is -2.65. The Kier molecular flexibility index (Phi) is 5.94. The van der Waals surface area contributed by atoms with Crippen LogP contribution in [0.5, 0.6) is 0 Å². The number of carbonyl (C=O) groups excluding carboxylic acids is 1. The zero-order chi connectivity index (χ0) is 24.1. The normalized spacial score (nSPS) is 29.1. The Morgan fingerprint density at radius 2 is 2.06 bits per heavy atom. The standard InChI is InChI=1S/C24H29F3N4O3/c1-34-14-17-8-18(24(25,26)27)11-31-12-19(29-21(17)31)22(33)30-7-6-23(20(32)13-30)9-15-4-2-3-5-16(15)10-28-23/h2-5,12,17-18,20,28,32H,6-11,13-14H2,1H3/t17-,18-,20-,23+/m1/s1. The number of nitrogens with one attached hydrogen (secondary N) is 1. The molecule has 0 aliphatic carbocycles. The highest BCUT2D eigenvalue weighted by Crippen LogP contribution is 2.40. The lowest BCUT2D eigenvalue weighted by molar-refractivity contribution is -0.184.